The minimum absolute atomic E-state index is 0.597. The maximum Gasteiger partial charge on any atom is 0.137 e. The van der Waals surface area contributed by atoms with Crippen LogP contribution in [0.25, 0.3) is 10.1 Å². The van der Waals surface area contributed by atoms with Crippen molar-refractivity contribution in [1.29, 1.82) is 0 Å². The molecule has 0 unspecified atom stereocenters. The molecule has 0 bridgehead atoms. The van der Waals surface area contributed by atoms with Gasteiger partial charge in [-0.25, -0.2) is 4.98 Å². The first-order valence-electron chi connectivity index (χ1n) is 4.45. The Labute approximate surface area is 91.7 Å². The molecule has 14 heavy (non-hydrogen) atoms. The zero-order valence-corrected chi connectivity index (χ0v) is 9.45. The van der Waals surface area contributed by atoms with Crippen molar-refractivity contribution in [3.8, 4) is 0 Å². The molecule has 0 amide bonds. The zero-order chi connectivity index (χ0) is 10.1. The summed E-state index contributed by atoms with van der Waals surface area (Å²) in [5.41, 5.74) is 7.94. The Morgan fingerprint density at radius 3 is 3.07 bits per heavy atom. The normalized spacial score (nSPS) is 11.1. The molecule has 0 aliphatic rings. The number of rotatable bonds is 2. The van der Waals surface area contributed by atoms with Gasteiger partial charge in [0.2, 0.25) is 0 Å². The highest BCUT2D eigenvalue weighted by atomic mass is 35.5. The summed E-state index contributed by atoms with van der Waals surface area (Å²) in [6.07, 6.45) is 2.69. The maximum atomic E-state index is 6.04. The van der Waals surface area contributed by atoms with Gasteiger partial charge in [-0.05, 0) is 36.4 Å². The number of thiophene rings is 1. The van der Waals surface area contributed by atoms with Gasteiger partial charge < -0.3 is 5.73 Å². The van der Waals surface area contributed by atoms with Crippen LogP contribution in [0, 0.1) is 6.92 Å². The van der Waals surface area contributed by atoms with E-state index in [9.17, 15) is 0 Å². The number of hydrogen-bond donors (Lipinski definition) is 1. The Kier molecular flexibility index (Phi) is 2.72. The molecule has 74 valence electrons. The first kappa shape index (κ1) is 9.90. The van der Waals surface area contributed by atoms with E-state index in [4.69, 9.17) is 17.3 Å². The lowest BCUT2D eigenvalue weighted by Crippen LogP contribution is -2.03. The van der Waals surface area contributed by atoms with E-state index in [-0.39, 0.29) is 0 Å². The molecule has 0 aliphatic carbocycles. The second-order valence-electron chi connectivity index (χ2n) is 3.24. The Bertz CT molecular complexity index is 464. The number of aromatic nitrogens is 1. The van der Waals surface area contributed by atoms with Crippen LogP contribution in [-0.4, -0.2) is 11.5 Å². The van der Waals surface area contributed by atoms with Gasteiger partial charge in [-0.2, -0.15) is 0 Å². The highest BCUT2D eigenvalue weighted by Gasteiger charge is 2.09. The third-order valence-electron chi connectivity index (χ3n) is 2.22. The van der Waals surface area contributed by atoms with Crippen LogP contribution in [-0.2, 0) is 6.42 Å². The highest BCUT2D eigenvalue weighted by molar-refractivity contribution is 7.17. The van der Waals surface area contributed by atoms with E-state index >= 15 is 0 Å². The summed E-state index contributed by atoms with van der Waals surface area (Å²) in [6, 6.07) is 0. The fraction of sp³-hybridized carbons (Fsp3) is 0.300. The minimum atomic E-state index is 0.597. The first-order chi connectivity index (χ1) is 6.74. The lowest BCUT2D eigenvalue weighted by atomic mass is 10.1. The van der Waals surface area contributed by atoms with Gasteiger partial charge in [0.1, 0.15) is 5.15 Å². The van der Waals surface area contributed by atoms with E-state index in [2.05, 4.69) is 17.3 Å². The molecule has 0 spiro atoms. The van der Waals surface area contributed by atoms with Crippen LogP contribution < -0.4 is 5.73 Å². The largest absolute Gasteiger partial charge is 0.330 e. The van der Waals surface area contributed by atoms with Crippen LogP contribution in [0.2, 0.25) is 5.15 Å². The van der Waals surface area contributed by atoms with Crippen LogP contribution in [0.3, 0.4) is 0 Å². The molecule has 2 rings (SSSR count). The molecular weight excluding hydrogens is 216 g/mol. The van der Waals surface area contributed by atoms with Crippen LogP contribution in [0.5, 0.6) is 0 Å². The topological polar surface area (TPSA) is 38.9 Å². The predicted octanol–water partition coefficient (Wildman–Crippen LogP) is 2.76. The lowest BCUT2D eigenvalue weighted by molar-refractivity contribution is 0.971. The fourth-order valence-electron chi connectivity index (χ4n) is 1.53. The van der Waals surface area contributed by atoms with E-state index in [1.54, 1.807) is 11.3 Å². The molecule has 0 aromatic carbocycles. The molecule has 0 aliphatic heterocycles. The van der Waals surface area contributed by atoms with E-state index in [0.29, 0.717) is 11.7 Å². The van der Waals surface area contributed by atoms with Gasteiger partial charge in [-0.15, -0.1) is 11.3 Å². The summed E-state index contributed by atoms with van der Waals surface area (Å²) in [6.45, 7) is 2.70. The third-order valence-corrected chi connectivity index (χ3v) is 3.68. The average molecular weight is 227 g/mol. The predicted molar refractivity (Wildman–Crippen MR) is 62.1 cm³/mol. The number of nitrogens with two attached hydrogens (primary N) is 1. The molecule has 0 saturated heterocycles. The molecule has 2 N–H and O–H groups in total. The van der Waals surface area contributed by atoms with Gasteiger partial charge in [-0.3, -0.25) is 0 Å². The Morgan fingerprint density at radius 2 is 2.36 bits per heavy atom. The summed E-state index contributed by atoms with van der Waals surface area (Å²) in [5, 5.41) is 3.79. The summed E-state index contributed by atoms with van der Waals surface area (Å²) >= 11 is 7.75. The number of halogens is 1. The second kappa shape index (κ2) is 3.85. The van der Waals surface area contributed by atoms with Crippen LogP contribution >= 0.6 is 22.9 Å². The summed E-state index contributed by atoms with van der Waals surface area (Å²) < 4.78 is 1.23. The molecule has 0 radical (unpaired) electrons. The lowest BCUT2D eigenvalue weighted by Gasteiger charge is -2.02. The number of hydrogen-bond acceptors (Lipinski definition) is 3. The standard InChI is InChI=1S/C10H11ClN2S/c1-6-5-14-9-7(2-3-12)4-13-10(11)8(6)9/h4-5H,2-3,12H2,1H3. The number of fused-ring (bicyclic) bond motifs is 1. The van der Waals surface area contributed by atoms with Gasteiger partial charge in [0.25, 0.3) is 0 Å². The van der Waals surface area contributed by atoms with Crippen molar-refractivity contribution in [2.24, 2.45) is 5.73 Å². The molecule has 0 fully saturated rings. The molecule has 4 heteroatoms. The summed E-state index contributed by atoms with van der Waals surface area (Å²) in [7, 11) is 0. The number of aryl methyl sites for hydroxylation is 1. The van der Waals surface area contributed by atoms with Gasteiger partial charge in [-0.1, -0.05) is 11.6 Å². The number of pyridine rings is 1. The monoisotopic (exact) mass is 226 g/mol. The summed E-state index contributed by atoms with van der Waals surface area (Å²) in [4.78, 5) is 4.18. The summed E-state index contributed by atoms with van der Waals surface area (Å²) in [5.74, 6) is 0. The van der Waals surface area contributed by atoms with E-state index in [1.165, 1.54) is 15.8 Å². The van der Waals surface area contributed by atoms with Crippen molar-refractivity contribution < 1.29 is 0 Å². The highest BCUT2D eigenvalue weighted by Crippen LogP contribution is 2.32. The van der Waals surface area contributed by atoms with Crippen molar-refractivity contribution >= 4 is 33.0 Å². The van der Waals surface area contributed by atoms with E-state index < -0.39 is 0 Å². The van der Waals surface area contributed by atoms with Gasteiger partial charge in [0.05, 0.1) is 0 Å². The van der Waals surface area contributed by atoms with Crippen molar-refractivity contribution in [2.75, 3.05) is 6.54 Å². The first-order valence-corrected chi connectivity index (χ1v) is 5.71. The molecule has 2 nitrogen and oxygen atoms in total. The SMILES string of the molecule is Cc1csc2c(CCN)cnc(Cl)c12. The molecule has 0 atom stereocenters. The smallest absolute Gasteiger partial charge is 0.137 e. The quantitative estimate of drug-likeness (QED) is 0.800. The Morgan fingerprint density at radius 1 is 1.57 bits per heavy atom. The molecule has 2 aromatic heterocycles. The van der Waals surface area contributed by atoms with Crippen molar-refractivity contribution in [2.45, 2.75) is 13.3 Å². The Hall–Kier alpha value is -0.640. The fourth-order valence-corrected chi connectivity index (χ4v) is 2.97. The van der Waals surface area contributed by atoms with Crippen molar-refractivity contribution in [1.82, 2.24) is 4.98 Å². The average Bonchev–Trinajstić information content (AvgIpc) is 2.54. The number of nitrogens with zero attached hydrogens (tertiary/aromatic N) is 1. The van der Waals surface area contributed by atoms with Crippen molar-refractivity contribution in [3.63, 3.8) is 0 Å². The third kappa shape index (κ3) is 1.52. The van der Waals surface area contributed by atoms with E-state index in [1.807, 2.05) is 6.20 Å². The maximum absolute atomic E-state index is 6.04. The van der Waals surface area contributed by atoms with Crippen molar-refractivity contribution in [3.05, 3.63) is 27.9 Å². The van der Waals surface area contributed by atoms with Gasteiger partial charge >= 0.3 is 0 Å². The van der Waals surface area contributed by atoms with Crippen LogP contribution in [0.1, 0.15) is 11.1 Å². The Balaban J connectivity index is 2.70. The van der Waals surface area contributed by atoms with E-state index in [0.717, 1.165) is 11.8 Å². The minimum Gasteiger partial charge on any atom is -0.330 e. The zero-order valence-electron chi connectivity index (χ0n) is 7.88. The molecule has 0 saturated carbocycles. The molecule has 2 aromatic rings. The second-order valence-corrected chi connectivity index (χ2v) is 4.47. The van der Waals surface area contributed by atoms with Crippen LogP contribution in [0.15, 0.2) is 11.6 Å². The molecular formula is C10H11ClN2S. The van der Waals surface area contributed by atoms with Gasteiger partial charge in [0, 0.05) is 16.3 Å². The van der Waals surface area contributed by atoms with Gasteiger partial charge in [0.15, 0.2) is 0 Å². The molecule has 2 heterocycles. The van der Waals surface area contributed by atoms with Crippen LogP contribution in [0.4, 0.5) is 0 Å².